The summed E-state index contributed by atoms with van der Waals surface area (Å²) >= 11 is 0. The van der Waals surface area contributed by atoms with Crippen LogP contribution in [0.25, 0.3) is 0 Å². The number of amides is 2. The smallest absolute Gasteiger partial charge is 0.251 e. The Hall–Kier alpha value is -2.69. The number of hydrogen-bond donors (Lipinski definition) is 2. The fourth-order valence-electron chi connectivity index (χ4n) is 1.90. The van der Waals surface area contributed by atoms with Crippen LogP contribution in [0.2, 0.25) is 0 Å². The summed E-state index contributed by atoms with van der Waals surface area (Å²) < 4.78 is 13.4. The highest BCUT2D eigenvalue weighted by Crippen LogP contribution is 2.12. The van der Waals surface area contributed by atoms with Crippen LogP contribution >= 0.6 is 0 Å². The molecule has 0 saturated carbocycles. The first-order valence-corrected chi connectivity index (χ1v) is 6.87. The van der Waals surface area contributed by atoms with E-state index < -0.39 is 11.7 Å². The lowest BCUT2D eigenvalue weighted by atomic mass is 10.1. The largest absolute Gasteiger partial charge is 0.343 e. The minimum atomic E-state index is -0.517. The van der Waals surface area contributed by atoms with E-state index in [9.17, 15) is 14.0 Å². The Morgan fingerprint density at radius 3 is 2.45 bits per heavy atom. The third kappa shape index (κ3) is 3.91. The van der Waals surface area contributed by atoms with E-state index in [1.165, 1.54) is 18.2 Å². The van der Waals surface area contributed by atoms with Crippen LogP contribution in [-0.4, -0.2) is 18.4 Å². The lowest BCUT2D eigenvalue weighted by Gasteiger charge is -2.08. The van der Waals surface area contributed by atoms with Crippen molar-refractivity contribution in [3.63, 3.8) is 0 Å². The lowest BCUT2D eigenvalue weighted by molar-refractivity contribution is -0.115. The summed E-state index contributed by atoms with van der Waals surface area (Å²) in [7, 11) is 0. The summed E-state index contributed by atoms with van der Waals surface area (Å²) in [6.07, 6.45) is 0. The van der Waals surface area contributed by atoms with Crippen LogP contribution in [-0.2, 0) is 4.79 Å². The van der Waals surface area contributed by atoms with Crippen molar-refractivity contribution < 1.29 is 14.0 Å². The molecule has 2 aromatic rings. The van der Waals surface area contributed by atoms with Gasteiger partial charge in [-0.05, 0) is 49.2 Å². The van der Waals surface area contributed by atoms with Crippen molar-refractivity contribution >= 4 is 17.5 Å². The molecule has 4 nitrogen and oxygen atoms in total. The van der Waals surface area contributed by atoms with Gasteiger partial charge in [0.05, 0.1) is 12.2 Å². The van der Waals surface area contributed by atoms with Gasteiger partial charge in [0.25, 0.3) is 5.91 Å². The van der Waals surface area contributed by atoms with Gasteiger partial charge < -0.3 is 10.6 Å². The Bertz CT molecular complexity index is 714. The molecule has 0 aromatic heterocycles. The van der Waals surface area contributed by atoms with E-state index in [2.05, 4.69) is 10.6 Å². The maximum Gasteiger partial charge on any atom is 0.251 e. The molecule has 2 aromatic carbocycles. The van der Waals surface area contributed by atoms with E-state index in [4.69, 9.17) is 0 Å². The molecule has 0 fully saturated rings. The second-order valence-electron chi connectivity index (χ2n) is 5.01. The zero-order valence-electron chi connectivity index (χ0n) is 12.4. The van der Waals surface area contributed by atoms with Crippen molar-refractivity contribution in [1.82, 2.24) is 5.32 Å². The highest BCUT2D eigenvalue weighted by atomic mass is 19.1. The van der Waals surface area contributed by atoms with Crippen LogP contribution in [0.15, 0.2) is 42.5 Å². The Kier molecular flexibility index (Phi) is 4.88. The van der Waals surface area contributed by atoms with Crippen LogP contribution in [0.3, 0.4) is 0 Å². The number of benzene rings is 2. The number of anilines is 1. The van der Waals surface area contributed by atoms with Gasteiger partial charge in [-0.25, -0.2) is 4.39 Å². The predicted octanol–water partition coefficient (Wildman–Crippen LogP) is 2.81. The van der Waals surface area contributed by atoms with E-state index in [1.54, 1.807) is 18.2 Å². The lowest BCUT2D eigenvalue weighted by Crippen LogP contribution is -2.33. The van der Waals surface area contributed by atoms with Crippen molar-refractivity contribution in [2.24, 2.45) is 0 Å². The summed E-state index contributed by atoms with van der Waals surface area (Å²) in [5, 5.41) is 4.92. The molecule has 0 aliphatic carbocycles. The molecule has 0 aliphatic heterocycles. The van der Waals surface area contributed by atoms with Crippen molar-refractivity contribution in [2.75, 3.05) is 11.9 Å². The zero-order valence-corrected chi connectivity index (χ0v) is 12.4. The number of aryl methyl sites for hydroxylation is 2. The molecule has 0 radical (unpaired) electrons. The minimum absolute atomic E-state index is 0.0907. The van der Waals surface area contributed by atoms with Crippen molar-refractivity contribution in [3.05, 3.63) is 65.0 Å². The first kappa shape index (κ1) is 15.7. The molecule has 0 saturated heterocycles. The number of hydrogen-bond acceptors (Lipinski definition) is 2. The van der Waals surface area contributed by atoms with Crippen molar-refractivity contribution in [2.45, 2.75) is 13.8 Å². The number of rotatable bonds is 4. The Labute approximate surface area is 128 Å². The van der Waals surface area contributed by atoms with E-state index in [0.29, 0.717) is 5.56 Å². The highest BCUT2D eigenvalue weighted by Gasteiger charge is 2.10. The molecule has 2 amide bonds. The Morgan fingerprint density at radius 1 is 1.05 bits per heavy atom. The van der Waals surface area contributed by atoms with Gasteiger partial charge in [0.1, 0.15) is 5.82 Å². The van der Waals surface area contributed by atoms with Gasteiger partial charge >= 0.3 is 0 Å². The van der Waals surface area contributed by atoms with E-state index in [1.807, 2.05) is 19.9 Å². The standard InChI is InChI=1S/C17H17FN2O2/c1-11-7-8-13(9-12(11)2)17(22)19-10-16(21)20-15-6-4-3-5-14(15)18/h3-9H,10H2,1-2H3,(H,19,22)(H,20,21). The fourth-order valence-corrected chi connectivity index (χ4v) is 1.90. The van der Waals surface area contributed by atoms with Crippen LogP contribution < -0.4 is 10.6 Å². The van der Waals surface area contributed by atoms with Gasteiger partial charge in [0.15, 0.2) is 0 Å². The third-order valence-corrected chi connectivity index (χ3v) is 3.33. The average molecular weight is 300 g/mol. The summed E-state index contributed by atoms with van der Waals surface area (Å²) in [6, 6.07) is 11.2. The molecule has 22 heavy (non-hydrogen) atoms. The van der Waals surface area contributed by atoms with E-state index >= 15 is 0 Å². The van der Waals surface area contributed by atoms with Gasteiger partial charge in [-0.1, -0.05) is 18.2 Å². The number of carbonyl (C=O) groups is 2. The number of carbonyl (C=O) groups excluding carboxylic acids is 2. The summed E-state index contributed by atoms with van der Waals surface area (Å²) in [6.45, 7) is 3.65. The van der Waals surface area contributed by atoms with E-state index in [0.717, 1.165) is 11.1 Å². The molecule has 0 bridgehead atoms. The monoisotopic (exact) mass is 300 g/mol. The van der Waals surface area contributed by atoms with Gasteiger partial charge in [-0.15, -0.1) is 0 Å². The molecule has 2 rings (SSSR count). The topological polar surface area (TPSA) is 58.2 Å². The fraction of sp³-hybridized carbons (Fsp3) is 0.176. The molecule has 0 unspecified atom stereocenters. The van der Waals surface area contributed by atoms with Crippen LogP contribution in [0.5, 0.6) is 0 Å². The second kappa shape index (κ2) is 6.85. The molecule has 0 heterocycles. The molecular formula is C17H17FN2O2. The SMILES string of the molecule is Cc1ccc(C(=O)NCC(=O)Nc2ccccc2F)cc1C. The van der Waals surface area contributed by atoms with Crippen LogP contribution in [0.4, 0.5) is 10.1 Å². The number of halogens is 1. The summed E-state index contributed by atoms with van der Waals surface area (Å²) in [4.78, 5) is 23.7. The second-order valence-corrected chi connectivity index (χ2v) is 5.01. The first-order valence-electron chi connectivity index (χ1n) is 6.87. The molecule has 0 aliphatic rings. The molecule has 5 heteroatoms. The Morgan fingerprint density at radius 2 is 1.77 bits per heavy atom. The summed E-state index contributed by atoms with van der Waals surface area (Å²) in [5.41, 5.74) is 2.67. The molecule has 0 atom stereocenters. The zero-order chi connectivity index (χ0) is 16.1. The van der Waals surface area contributed by atoms with Crippen LogP contribution in [0, 0.1) is 19.7 Å². The maximum absolute atomic E-state index is 13.4. The maximum atomic E-state index is 13.4. The Balaban J connectivity index is 1.92. The first-order chi connectivity index (χ1) is 10.5. The number of para-hydroxylation sites is 1. The molecule has 114 valence electrons. The van der Waals surface area contributed by atoms with Gasteiger partial charge in [-0.3, -0.25) is 9.59 Å². The quantitative estimate of drug-likeness (QED) is 0.912. The molecular weight excluding hydrogens is 283 g/mol. The van der Waals surface area contributed by atoms with Gasteiger partial charge in [0.2, 0.25) is 5.91 Å². The normalized spacial score (nSPS) is 10.1. The van der Waals surface area contributed by atoms with Crippen molar-refractivity contribution in [1.29, 1.82) is 0 Å². The minimum Gasteiger partial charge on any atom is -0.343 e. The number of nitrogens with one attached hydrogen (secondary N) is 2. The van der Waals surface area contributed by atoms with Gasteiger partial charge in [0, 0.05) is 5.56 Å². The summed E-state index contributed by atoms with van der Waals surface area (Å²) in [5.74, 6) is -1.34. The van der Waals surface area contributed by atoms with Crippen molar-refractivity contribution in [3.8, 4) is 0 Å². The predicted molar refractivity (Wildman–Crippen MR) is 83.3 cm³/mol. The third-order valence-electron chi connectivity index (χ3n) is 3.33. The van der Waals surface area contributed by atoms with E-state index in [-0.39, 0.29) is 18.1 Å². The van der Waals surface area contributed by atoms with Gasteiger partial charge in [-0.2, -0.15) is 0 Å². The molecule has 0 spiro atoms. The average Bonchev–Trinajstić information content (AvgIpc) is 2.50. The van der Waals surface area contributed by atoms with Crippen LogP contribution in [0.1, 0.15) is 21.5 Å². The highest BCUT2D eigenvalue weighted by molar-refractivity contribution is 5.99. The molecule has 2 N–H and O–H groups in total.